The Labute approximate surface area is 201 Å². The summed E-state index contributed by atoms with van der Waals surface area (Å²) in [5.74, 6) is -0.218. The average molecular weight is 478 g/mol. The zero-order chi connectivity index (χ0) is 25.9. The standard InChI is InChI=1S/C23H30FN3O5.C2H6/c1-22(2,3)31-20(28)26-13-16-8-7-15(11-18(16)24)14-30-19-12-17(9-10-25-19)27-21(29)32-23(4,5)6;1-2/h7-12H,13-14H2,1-6H3,(H,26,28)(H,25,27,29);1-2H3. The van der Waals surface area contributed by atoms with Crippen molar-refractivity contribution in [2.24, 2.45) is 0 Å². The molecule has 1 heterocycles. The van der Waals surface area contributed by atoms with E-state index in [9.17, 15) is 14.0 Å². The maximum atomic E-state index is 14.4. The largest absolute Gasteiger partial charge is 0.473 e. The maximum Gasteiger partial charge on any atom is 0.412 e. The number of rotatable bonds is 6. The second kappa shape index (κ2) is 12.8. The fourth-order valence-electron chi connectivity index (χ4n) is 2.45. The van der Waals surface area contributed by atoms with Gasteiger partial charge in [-0.3, -0.25) is 5.32 Å². The van der Waals surface area contributed by atoms with E-state index < -0.39 is 29.2 Å². The molecule has 0 unspecified atom stereocenters. The van der Waals surface area contributed by atoms with Gasteiger partial charge in [-0.2, -0.15) is 0 Å². The fourth-order valence-corrected chi connectivity index (χ4v) is 2.45. The second-order valence-electron chi connectivity index (χ2n) is 9.08. The topological polar surface area (TPSA) is 98.8 Å². The number of carbonyl (C=O) groups is 2. The molecule has 1 aromatic carbocycles. The molecular formula is C25H36FN3O5. The summed E-state index contributed by atoms with van der Waals surface area (Å²) >= 11 is 0. The molecule has 2 rings (SSSR count). The smallest absolute Gasteiger partial charge is 0.412 e. The van der Waals surface area contributed by atoms with E-state index in [1.807, 2.05) is 13.8 Å². The first kappa shape index (κ1) is 28.7. The number of ether oxygens (including phenoxy) is 3. The van der Waals surface area contributed by atoms with E-state index in [0.717, 1.165) is 0 Å². The van der Waals surface area contributed by atoms with Gasteiger partial charge in [0.15, 0.2) is 0 Å². The van der Waals surface area contributed by atoms with Crippen LogP contribution in [-0.4, -0.2) is 28.4 Å². The molecule has 0 saturated carbocycles. The van der Waals surface area contributed by atoms with Crippen molar-refractivity contribution in [2.75, 3.05) is 5.32 Å². The molecule has 8 nitrogen and oxygen atoms in total. The highest BCUT2D eigenvalue weighted by molar-refractivity contribution is 5.84. The molecule has 1 aromatic heterocycles. The van der Waals surface area contributed by atoms with Crippen LogP contribution in [0.1, 0.15) is 66.5 Å². The van der Waals surface area contributed by atoms with Crippen molar-refractivity contribution in [3.63, 3.8) is 0 Å². The van der Waals surface area contributed by atoms with Crippen LogP contribution < -0.4 is 15.4 Å². The van der Waals surface area contributed by atoms with Crippen LogP contribution >= 0.6 is 0 Å². The number of nitrogens with zero attached hydrogens (tertiary/aromatic N) is 1. The van der Waals surface area contributed by atoms with Crippen molar-refractivity contribution >= 4 is 17.9 Å². The number of nitrogens with one attached hydrogen (secondary N) is 2. The van der Waals surface area contributed by atoms with Gasteiger partial charge in [0, 0.05) is 24.4 Å². The highest BCUT2D eigenvalue weighted by atomic mass is 19.1. The minimum absolute atomic E-state index is 0.00180. The minimum Gasteiger partial charge on any atom is -0.473 e. The second-order valence-corrected chi connectivity index (χ2v) is 9.08. The zero-order valence-corrected chi connectivity index (χ0v) is 21.2. The molecule has 0 saturated heterocycles. The van der Waals surface area contributed by atoms with E-state index >= 15 is 0 Å². The minimum atomic E-state index is -0.627. The number of amides is 2. The normalized spacial score (nSPS) is 11.0. The van der Waals surface area contributed by atoms with Crippen molar-refractivity contribution in [3.05, 3.63) is 53.5 Å². The van der Waals surface area contributed by atoms with Gasteiger partial charge in [0.2, 0.25) is 5.88 Å². The third-order valence-corrected chi connectivity index (χ3v) is 3.71. The van der Waals surface area contributed by atoms with Gasteiger partial charge in [-0.05, 0) is 59.2 Å². The lowest BCUT2D eigenvalue weighted by atomic mass is 10.1. The number of hydrogen-bond acceptors (Lipinski definition) is 6. The lowest BCUT2D eigenvalue weighted by molar-refractivity contribution is 0.0522. The van der Waals surface area contributed by atoms with Gasteiger partial charge in [-0.25, -0.2) is 19.0 Å². The lowest BCUT2D eigenvalue weighted by Gasteiger charge is -2.20. The molecule has 0 radical (unpaired) electrons. The maximum absolute atomic E-state index is 14.4. The molecule has 2 amide bonds. The summed E-state index contributed by atoms with van der Waals surface area (Å²) in [4.78, 5) is 27.7. The molecule has 9 heteroatoms. The van der Waals surface area contributed by atoms with Crippen LogP contribution in [0.25, 0.3) is 0 Å². The number of benzene rings is 1. The number of carbonyl (C=O) groups excluding carboxylic acids is 2. The van der Waals surface area contributed by atoms with Crippen molar-refractivity contribution in [3.8, 4) is 5.88 Å². The number of anilines is 1. The van der Waals surface area contributed by atoms with Crippen molar-refractivity contribution in [1.82, 2.24) is 10.3 Å². The fraction of sp³-hybridized carbons (Fsp3) is 0.480. The van der Waals surface area contributed by atoms with Crippen LogP contribution in [-0.2, 0) is 22.6 Å². The summed E-state index contributed by atoms with van der Waals surface area (Å²) in [5.41, 5.74) is 0.114. The molecule has 0 fully saturated rings. The molecule has 0 bridgehead atoms. The van der Waals surface area contributed by atoms with E-state index in [1.165, 1.54) is 12.3 Å². The van der Waals surface area contributed by atoms with Gasteiger partial charge in [-0.15, -0.1) is 0 Å². The number of hydrogen-bond donors (Lipinski definition) is 2. The SMILES string of the molecule is CC.CC(C)(C)OC(=O)NCc1ccc(COc2cc(NC(=O)OC(C)(C)C)ccn2)cc1F. The molecule has 34 heavy (non-hydrogen) atoms. The average Bonchev–Trinajstić information content (AvgIpc) is 2.70. The first-order valence-electron chi connectivity index (χ1n) is 11.1. The summed E-state index contributed by atoms with van der Waals surface area (Å²) in [5, 5.41) is 5.13. The Bertz CT molecular complexity index is 952. The quantitative estimate of drug-likeness (QED) is 0.514. The molecule has 2 N–H and O–H groups in total. The molecule has 0 spiro atoms. The van der Waals surface area contributed by atoms with E-state index in [4.69, 9.17) is 14.2 Å². The Hall–Kier alpha value is -3.36. The molecule has 0 aliphatic carbocycles. The van der Waals surface area contributed by atoms with Gasteiger partial charge in [0.1, 0.15) is 23.6 Å². The van der Waals surface area contributed by atoms with Gasteiger partial charge < -0.3 is 19.5 Å². The molecule has 2 aromatic rings. The van der Waals surface area contributed by atoms with Crippen LogP contribution in [0.4, 0.5) is 19.7 Å². The highest BCUT2D eigenvalue weighted by Crippen LogP contribution is 2.18. The number of aromatic nitrogens is 1. The summed E-state index contributed by atoms with van der Waals surface area (Å²) in [6.45, 7) is 14.6. The Morgan fingerprint density at radius 2 is 1.56 bits per heavy atom. The monoisotopic (exact) mass is 477 g/mol. The summed E-state index contributed by atoms with van der Waals surface area (Å²) in [6, 6.07) is 7.73. The molecule has 0 aliphatic rings. The number of alkyl carbamates (subject to hydrolysis) is 1. The van der Waals surface area contributed by atoms with Crippen LogP contribution in [0.2, 0.25) is 0 Å². The molecule has 0 atom stereocenters. The Morgan fingerprint density at radius 3 is 2.15 bits per heavy atom. The third-order valence-electron chi connectivity index (χ3n) is 3.71. The van der Waals surface area contributed by atoms with Crippen LogP contribution in [0.5, 0.6) is 5.88 Å². The summed E-state index contributed by atoms with van der Waals surface area (Å²) in [7, 11) is 0. The van der Waals surface area contributed by atoms with Crippen LogP contribution in [0.3, 0.4) is 0 Å². The first-order valence-corrected chi connectivity index (χ1v) is 11.1. The summed E-state index contributed by atoms with van der Waals surface area (Å²) in [6.07, 6.45) is 0.274. The number of halogens is 1. The highest BCUT2D eigenvalue weighted by Gasteiger charge is 2.17. The summed E-state index contributed by atoms with van der Waals surface area (Å²) < 4.78 is 30.3. The van der Waals surface area contributed by atoms with E-state index in [1.54, 1.807) is 65.8 Å². The number of pyridine rings is 1. The van der Waals surface area contributed by atoms with Crippen LogP contribution in [0.15, 0.2) is 36.5 Å². The van der Waals surface area contributed by atoms with Crippen molar-refractivity contribution in [1.29, 1.82) is 0 Å². The van der Waals surface area contributed by atoms with Gasteiger partial charge in [0.05, 0.1) is 5.69 Å². The van der Waals surface area contributed by atoms with E-state index in [2.05, 4.69) is 15.6 Å². The lowest BCUT2D eigenvalue weighted by Crippen LogP contribution is -2.32. The first-order chi connectivity index (χ1) is 15.8. The Kier molecular flexibility index (Phi) is 10.8. The Morgan fingerprint density at radius 1 is 0.941 bits per heavy atom. The Balaban J connectivity index is 0.00000281. The third kappa shape index (κ3) is 11.5. The predicted octanol–water partition coefficient (Wildman–Crippen LogP) is 6.20. The van der Waals surface area contributed by atoms with E-state index in [-0.39, 0.29) is 19.0 Å². The van der Waals surface area contributed by atoms with Gasteiger partial charge >= 0.3 is 12.2 Å². The zero-order valence-electron chi connectivity index (χ0n) is 21.2. The molecule has 188 valence electrons. The van der Waals surface area contributed by atoms with Gasteiger partial charge in [0.25, 0.3) is 0 Å². The van der Waals surface area contributed by atoms with Gasteiger partial charge in [-0.1, -0.05) is 26.0 Å². The predicted molar refractivity (Wildman–Crippen MR) is 129 cm³/mol. The molecule has 0 aliphatic heterocycles. The van der Waals surface area contributed by atoms with Crippen LogP contribution in [0, 0.1) is 5.82 Å². The van der Waals surface area contributed by atoms with Crippen molar-refractivity contribution < 1.29 is 28.2 Å². The molecular weight excluding hydrogens is 441 g/mol. The van der Waals surface area contributed by atoms with E-state index in [0.29, 0.717) is 16.8 Å². The van der Waals surface area contributed by atoms with Crippen molar-refractivity contribution in [2.45, 2.75) is 79.7 Å².